The van der Waals surface area contributed by atoms with Gasteiger partial charge in [-0.1, -0.05) is 13.8 Å². The van der Waals surface area contributed by atoms with E-state index in [1.54, 1.807) is 25.9 Å². The highest BCUT2D eigenvalue weighted by molar-refractivity contribution is 5.99. The minimum Gasteiger partial charge on any atom is -0.385 e. The van der Waals surface area contributed by atoms with Crippen molar-refractivity contribution in [2.45, 2.75) is 52.1 Å². The Morgan fingerprint density at radius 2 is 1.95 bits per heavy atom. The quantitative estimate of drug-likeness (QED) is 0.737. The zero-order valence-electron chi connectivity index (χ0n) is 12.7. The van der Waals surface area contributed by atoms with E-state index in [4.69, 9.17) is 4.74 Å². The van der Waals surface area contributed by atoms with Crippen molar-refractivity contribution in [3.63, 3.8) is 0 Å². The molecule has 1 aliphatic heterocycles. The molecule has 1 unspecified atom stereocenters. The van der Waals surface area contributed by atoms with Crippen LogP contribution in [0.4, 0.5) is 0 Å². The second kappa shape index (κ2) is 6.37. The van der Waals surface area contributed by atoms with E-state index >= 15 is 0 Å². The Hall–Kier alpha value is -1.10. The van der Waals surface area contributed by atoms with E-state index in [9.17, 15) is 9.59 Å². The molecule has 0 aliphatic carbocycles. The molecule has 0 aromatic heterocycles. The first-order valence-electron chi connectivity index (χ1n) is 6.93. The molecule has 1 fully saturated rings. The maximum atomic E-state index is 12.5. The number of hydrogen-bond donors (Lipinski definition) is 1. The lowest BCUT2D eigenvalue weighted by atomic mass is 9.91. The molecule has 1 N–H and O–H groups in total. The molecule has 1 aliphatic rings. The van der Waals surface area contributed by atoms with Crippen LogP contribution >= 0.6 is 0 Å². The molecule has 0 spiro atoms. The van der Waals surface area contributed by atoms with Crippen molar-refractivity contribution in [2.24, 2.45) is 5.92 Å². The summed E-state index contributed by atoms with van der Waals surface area (Å²) in [6, 6.07) is -0.400. The Labute approximate surface area is 115 Å². The molecule has 1 atom stereocenters. The van der Waals surface area contributed by atoms with Crippen LogP contribution in [0.3, 0.4) is 0 Å². The molecule has 1 heterocycles. The van der Waals surface area contributed by atoms with Gasteiger partial charge in [-0.25, -0.2) is 0 Å². The van der Waals surface area contributed by atoms with Gasteiger partial charge in [0.1, 0.15) is 11.6 Å². The van der Waals surface area contributed by atoms with E-state index in [0.29, 0.717) is 13.2 Å². The van der Waals surface area contributed by atoms with E-state index in [0.717, 1.165) is 12.8 Å². The van der Waals surface area contributed by atoms with Crippen molar-refractivity contribution >= 4 is 11.8 Å². The molecule has 5 nitrogen and oxygen atoms in total. The number of piperazine rings is 1. The molecule has 0 aromatic rings. The number of rotatable bonds is 6. The van der Waals surface area contributed by atoms with Gasteiger partial charge in [0.05, 0.1) is 0 Å². The van der Waals surface area contributed by atoms with Gasteiger partial charge in [0.25, 0.3) is 0 Å². The summed E-state index contributed by atoms with van der Waals surface area (Å²) in [7, 11) is 1.66. The van der Waals surface area contributed by atoms with E-state index in [1.807, 2.05) is 13.8 Å². The maximum absolute atomic E-state index is 12.5. The monoisotopic (exact) mass is 270 g/mol. The third kappa shape index (κ3) is 3.47. The molecule has 110 valence electrons. The van der Waals surface area contributed by atoms with E-state index in [-0.39, 0.29) is 17.7 Å². The molecule has 5 heteroatoms. The molecule has 0 bridgehead atoms. The Morgan fingerprint density at radius 1 is 1.32 bits per heavy atom. The number of nitrogens with zero attached hydrogens (tertiary/aromatic N) is 1. The van der Waals surface area contributed by atoms with Gasteiger partial charge in [0.2, 0.25) is 11.8 Å². The van der Waals surface area contributed by atoms with Crippen LogP contribution in [-0.4, -0.2) is 48.6 Å². The van der Waals surface area contributed by atoms with E-state index < -0.39 is 11.6 Å². The maximum Gasteiger partial charge on any atom is 0.246 e. The molecule has 0 saturated carbocycles. The van der Waals surface area contributed by atoms with Crippen LogP contribution in [-0.2, 0) is 14.3 Å². The fourth-order valence-electron chi connectivity index (χ4n) is 2.30. The van der Waals surface area contributed by atoms with Gasteiger partial charge < -0.3 is 15.0 Å². The third-order valence-electron chi connectivity index (χ3n) is 3.70. The Balaban J connectivity index is 2.76. The number of ether oxygens (including phenoxy) is 1. The van der Waals surface area contributed by atoms with Crippen LogP contribution in [0.25, 0.3) is 0 Å². The topological polar surface area (TPSA) is 58.6 Å². The summed E-state index contributed by atoms with van der Waals surface area (Å²) in [5.74, 6) is 0.0589. The number of nitrogens with one attached hydrogen (secondary N) is 1. The van der Waals surface area contributed by atoms with Gasteiger partial charge in [-0.2, -0.15) is 0 Å². The van der Waals surface area contributed by atoms with Crippen LogP contribution in [0.15, 0.2) is 0 Å². The SMILES string of the molecule is COCCCCN1C(=O)C(C(C)C)NC(=O)C1(C)C. The molecule has 0 aromatic carbocycles. The van der Waals surface area contributed by atoms with Crippen molar-refractivity contribution in [3.8, 4) is 0 Å². The zero-order chi connectivity index (χ0) is 14.6. The molecule has 1 rings (SSSR count). The second-order valence-electron chi connectivity index (χ2n) is 5.94. The van der Waals surface area contributed by atoms with Crippen LogP contribution in [0, 0.1) is 5.92 Å². The highest BCUT2D eigenvalue weighted by atomic mass is 16.5. The first-order valence-corrected chi connectivity index (χ1v) is 6.93. The van der Waals surface area contributed by atoms with Crippen LogP contribution in [0.5, 0.6) is 0 Å². The van der Waals surface area contributed by atoms with Crippen molar-refractivity contribution < 1.29 is 14.3 Å². The molecule has 19 heavy (non-hydrogen) atoms. The first-order chi connectivity index (χ1) is 8.82. The lowest BCUT2D eigenvalue weighted by molar-refractivity contribution is -0.156. The van der Waals surface area contributed by atoms with Crippen molar-refractivity contribution in [2.75, 3.05) is 20.3 Å². The van der Waals surface area contributed by atoms with Crippen LogP contribution < -0.4 is 5.32 Å². The zero-order valence-corrected chi connectivity index (χ0v) is 12.7. The Bertz CT molecular complexity index is 340. The number of carbonyl (C=O) groups is 2. The predicted molar refractivity (Wildman–Crippen MR) is 73.7 cm³/mol. The van der Waals surface area contributed by atoms with Gasteiger partial charge in [-0.15, -0.1) is 0 Å². The second-order valence-corrected chi connectivity index (χ2v) is 5.94. The van der Waals surface area contributed by atoms with Gasteiger partial charge in [-0.3, -0.25) is 9.59 Å². The summed E-state index contributed by atoms with van der Waals surface area (Å²) in [5, 5.41) is 2.83. The Morgan fingerprint density at radius 3 is 2.47 bits per heavy atom. The number of amides is 2. The smallest absolute Gasteiger partial charge is 0.246 e. The summed E-state index contributed by atoms with van der Waals surface area (Å²) in [4.78, 5) is 26.3. The number of methoxy groups -OCH3 is 1. The van der Waals surface area contributed by atoms with Crippen LogP contribution in [0.2, 0.25) is 0 Å². The third-order valence-corrected chi connectivity index (χ3v) is 3.70. The lowest BCUT2D eigenvalue weighted by Crippen LogP contribution is -2.69. The van der Waals surface area contributed by atoms with Crippen molar-refractivity contribution in [1.82, 2.24) is 10.2 Å². The van der Waals surface area contributed by atoms with E-state index in [1.165, 1.54) is 0 Å². The summed E-state index contributed by atoms with van der Waals surface area (Å²) in [5.41, 5.74) is -0.768. The largest absolute Gasteiger partial charge is 0.385 e. The van der Waals surface area contributed by atoms with Gasteiger partial charge in [0.15, 0.2) is 0 Å². The highest BCUT2D eigenvalue weighted by Gasteiger charge is 2.46. The normalized spacial score (nSPS) is 22.8. The first kappa shape index (κ1) is 16.0. The fraction of sp³-hybridized carbons (Fsp3) is 0.857. The number of carbonyl (C=O) groups excluding carboxylic acids is 2. The van der Waals surface area contributed by atoms with E-state index in [2.05, 4.69) is 5.32 Å². The Kier molecular flexibility index (Phi) is 5.35. The minimum absolute atomic E-state index is 0.0250. The summed E-state index contributed by atoms with van der Waals surface area (Å²) < 4.78 is 5.01. The molecule has 2 amide bonds. The number of hydrogen-bond acceptors (Lipinski definition) is 3. The lowest BCUT2D eigenvalue weighted by Gasteiger charge is -2.45. The average molecular weight is 270 g/mol. The molecule has 1 saturated heterocycles. The summed E-state index contributed by atoms with van der Waals surface area (Å²) >= 11 is 0. The molecular formula is C14H26N2O3. The van der Waals surface area contributed by atoms with Gasteiger partial charge >= 0.3 is 0 Å². The predicted octanol–water partition coefficient (Wildman–Crippen LogP) is 1.17. The summed E-state index contributed by atoms with van der Waals surface area (Å²) in [6.07, 6.45) is 1.74. The molecule has 0 radical (unpaired) electrons. The highest BCUT2D eigenvalue weighted by Crippen LogP contribution is 2.24. The van der Waals surface area contributed by atoms with Crippen molar-refractivity contribution in [3.05, 3.63) is 0 Å². The fourth-order valence-corrected chi connectivity index (χ4v) is 2.30. The molecular weight excluding hydrogens is 244 g/mol. The number of unbranched alkanes of at least 4 members (excludes halogenated alkanes) is 1. The van der Waals surface area contributed by atoms with Crippen molar-refractivity contribution in [1.29, 1.82) is 0 Å². The minimum atomic E-state index is -0.768. The summed E-state index contributed by atoms with van der Waals surface area (Å²) in [6.45, 7) is 8.78. The average Bonchev–Trinajstić information content (AvgIpc) is 2.32. The van der Waals surface area contributed by atoms with Gasteiger partial charge in [-0.05, 0) is 32.6 Å². The standard InChI is InChI=1S/C14H26N2O3/c1-10(2)11-12(17)16(8-6-7-9-19-5)14(3,4)13(18)15-11/h10-11H,6-9H2,1-5H3,(H,15,18). The van der Waals surface area contributed by atoms with Gasteiger partial charge in [0, 0.05) is 20.3 Å². The van der Waals surface area contributed by atoms with Crippen LogP contribution in [0.1, 0.15) is 40.5 Å².